The fourth-order valence-electron chi connectivity index (χ4n) is 3.04. The van der Waals surface area contributed by atoms with Gasteiger partial charge in [0.25, 0.3) is 0 Å². The summed E-state index contributed by atoms with van der Waals surface area (Å²) >= 11 is -1.79. The summed E-state index contributed by atoms with van der Waals surface area (Å²) in [6.45, 7) is 2.19. The van der Waals surface area contributed by atoms with Gasteiger partial charge in [-0.2, -0.15) is 0 Å². The Morgan fingerprint density at radius 1 is 0.792 bits per heavy atom. The van der Waals surface area contributed by atoms with E-state index in [-0.39, 0.29) is 0 Å². The van der Waals surface area contributed by atoms with E-state index in [1.54, 1.807) is 0 Å². The number of aryl methyl sites for hydroxylation is 2. The fourth-order valence-corrected chi connectivity index (χ4v) is 5.48. The normalized spacial score (nSPS) is 11.5. The fraction of sp³-hybridized carbons (Fsp3) is 0.227. The van der Waals surface area contributed by atoms with E-state index in [1.165, 1.54) is 32.3 Å². The van der Waals surface area contributed by atoms with Crippen molar-refractivity contribution in [3.8, 4) is 22.4 Å². The van der Waals surface area contributed by atoms with E-state index in [1.807, 2.05) is 0 Å². The molecule has 122 valence electrons. The van der Waals surface area contributed by atoms with Gasteiger partial charge in [-0.3, -0.25) is 0 Å². The van der Waals surface area contributed by atoms with Crippen LogP contribution >= 0.6 is 0 Å². The van der Waals surface area contributed by atoms with Gasteiger partial charge in [-0.15, -0.1) is 0 Å². The van der Waals surface area contributed by atoms with Gasteiger partial charge in [0.05, 0.1) is 0 Å². The Bertz CT molecular complexity index is 861. The molecule has 0 bridgehead atoms. The van der Waals surface area contributed by atoms with E-state index >= 15 is 0 Å². The second-order valence-corrected chi connectivity index (χ2v) is 18.2. The van der Waals surface area contributed by atoms with Gasteiger partial charge in [-0.25, -0.2) is 0 Å². The van der Waals surface area contributed by atoms with Crippen LogP contribution in [-0.2, 0) is 7.05 Å². The number of pyridine rings is 1. The second kappa shape index (κ2) is 6.56. The minimum absolute atomic E-state index is 1.27. The standard InChI is InChI=1S/C22H26GeN/c1-17-11-12-19(18-9-7-6-8-10-18)15-21(17)22-14-13-20(16-24(22)5)23(2,3)4/h6-16H,1-5H3/q+1. The van der Waals surface area contributed by atoms with Gasteiger partial charge >= 0.3 is 148 Å². The zero-order valence-electron chi connectivity index (χ0n) is 15.3. The monoisotopic (exact) mass is 378 g/mol. The van der Waals surface area contributed by atoms with E-state index in [4.69, 9.17) is 0 Å². The minimum atomic E-state index is -1.79. The van der Waals surface area contributed by atoms with Gasteiger partial charge in [0, 0.05) is 0 Å². The zero-order chi connectivity index (χ0) is 17.3. The first kappa shape index (κ1) is 17.0. The Hall–Kier alpha value is -1.87. The molecule has 2 heteroatoms. The molecular weight excluding hydrogens is 351 g/mol. The average Bonchev–Trinajstić information content (AvgIpc) is 2.55. The maximum atomic E-state index is 2.44. The van der Waals surface area contributed by atoms with Gasteiger partial charge in [0.1, 0.15) is 0 Å². The summed E-state index contributed by atoms with van der Waals surface area (Å²) in [5.41, 5.74) is 6.44. The van der Waals surface area contributed by atoms with Gasteiger partial charge in [-0.05, 0) is 0 Å². The molecule has 0 amide bonds. The van der Waals surface area contributed by atoms with Crippen molar-refractivity contribution in [3.05, 3.63) is 72.4 Å². The number of hydrogen-bond donors (Lipinski definition) is 0. The summed E-state index contributed by atoms with van der Waals surface area (Å²) in [6.07, 6.45) is 2.34. The molecule has 0 aliphatic carbocycles. The van der Waals surface area contributed by atoms with Crippen molar-refractivity contribution in [2.45, 2.75) is 24.2 Å². The molecule has 0 spiro atoms. The summed E-state index contributed by atoms with van der Waals surface area (Å²) in [5.74, 6) is 7.32. The Morgan fingerprint density at radius 2 is 1.50 bits per heavy atom. The molecule has 24 heavy (non-hydrogen) atoms. The van der Waals surface area contributed by atoms with Crippen LogP contribution in [0.2, 0.25) is 17.3 Å². The van der Waals surface area contributed by atoms with Crippen molar-refractivity contribution in [2.75, 3.05) is 0 Å². The summed E-state index contributed by atoms with van der Waals surface area (Å²) in [7, 11) is 2.17. The van der Waals surface area contributed by atoms with Gasteiger partial charge in [-0.1, -0.05) is 0 Å². The molecular formula is C22H26GeN+. The molecule has 2 aromatic carbocycles. The van der Waals surface area contributed by atoms with Gasteiger partial charge in [0.2, 0.25) is 0 Å². The van der Waals surface area contributed by atoms with E-state index in [0.717, 1.165) is 0 Å². The third-order valence-electron chi connectivity index (χ3n) is 4.62. The number of benzene rings is 2. The van der Waals surface area contributed by atoms with Crippen molar-refractivity contribution >= 4 is 17.7 Å². The van der Waals surface area contributed by atoms with Crippen molar-refractivity contribution in [1.29, 1.82) is 0 Å². The molecule has 0 aliphatic heterocycles. The molecule has 1 heterocycles. The van der Waals surface area contributed by atoms with Crippen LogP contribution in [0.3, 0.4) is 0 Å². The van der Waals surface area contributed by atoms with Crippen LogP contribution in [-0.4, -0.2) is 13.3 Å². The quantitative estimate of drug-likeness (QED) is 0.460. The first-order valence-electron chi connectivity index (χ1n) is 8.53. The molecule has 0 saturated heterocycles. The van der Waals surface area contributed by atoms with Crippen LogP contribution in [0, 0.1) is 6.92 Å². The molecule has 1 nitrogen and oxygen atoms in total. The van der Waals surface area contributed by atoms with E-state index < -0.39 is 13.3 Å². The average molecular weight is 377 g/mol. The summed E-state index contributed by atoms with van der Waals surface area (Å²) in [6, 6.07) is 22.0. The maximum absolute atomic E-state index is 2.44. The Morgan fingerprint density at radius 3 is 2.12 bits per heavy atom. The van der Waals surface area contributed by atoms with Crippen LogP contribution in [0.5, 0.6) is 0 Å². The summed E-state index contributed by atoms with van der Waals surface area (Å²) < 4.78 is 3.83. The molecule has 0 atom stereocenters. The summed E-state index contributed by atoms with van der Waals surface area (Å²) in [4.78, 5) is 0. The first-order chi connectivity index (χ1) is 11.4. The van der Waals surface area contributed by atoms with Crippen molar-refractivity contribution in [3.63, 3.8) is 0 Å². The Kier molecular flexibility index (Phi) is 4.64. The molecule has 1 aromatic heterocycles. The van der Waals surface area contributed by atoms with Crippen LogP contribution in [0.25, 0.3) is 22.4 Å². The third kappa shape index (κ3) is 3.46. The SMILES string of the molecule is Cc1ccc(-c2ccccc2)cc1-c1cc[c]([Ge]([CH3])([CH3])[CH3])c[n+]1C. The van der Waals surface area contributed by atoms with E-state index in [0.29, 0.717) is 0 Å². The molecule has 0 N–H and O–H groups in total. The molecule has 0 radical (unpaired) electrons. The van der Waals surface area contributed by atoms with Crippen molar-refractivity contribution < 1.29 is 4.57 Å². The van der Waals surface area contributed by atoms with Crippen LogP contribution < -0.4 is 8.96 Å². The molecule has 3 rings (SSSR count). The van der Waals surface area contributed by atoms with Crippen LogP contribution in [0.4, 0.5) is 0 Å². The number of rotatable bonds is 3. The van der Waals surface area contributed by atoms with Crippen LogP contribution in [0.15, 0.2) is 66.9 Å². The van der Waals surface area contributed by atoms with Gasteiger partial charge < -0.3 is 0 Å². The third-order valence-corrected chi connectivity index (χ3v) is 8.87. The van der Waals surface area contributed by atoms with Crippen molar-refractivity contribution in [1.82, 2.24) is 0 Å². The predicted molar refractivity (Wildman–Crippen MR) is 106 cm³/mol. The number of hydrogen-bond acceptors (Lipinski definition) is 0. The predicted octanol–water partition coefficient (Wildman–Crippen LogP) is 4.70. The van der Waals surface area contributed by atoms with Crippen molar-refractivity contribution in [2.24, 2.45) is 7.05 Å². The Balaban J connectivity index is 2.10. The Labute approximate surface area is 148 Å². The topological polar surface area (TPSA) is 3.88 Å². The van der Waals surface area contributed by atoms with E-state index in [9.17, 15) is 0 Å². The number of nitrogens with zero attached hydrogens (tertiary/aromatic N) is 1. The first-order valence-corrected chi connectivity index (χ1v) is 15.9. The molecule has 0 saturated carbocycles. The second-order valence-electron chi connectivity index (χ2n) is 7.56. The zero-order valence-corrected chi connectivity index (χ0v) is 17.4. The van der Waals surface area contributed by atoms with Crippen LogP contribution in [0.1, 0.15) is 5.56 Å². The molecule has 3 aromatic rings. The molecule has 0 fully saturated rings. The number of aromatic nitrogens is 1. The van der Waals surface area contributed by atoms with E-state index in [2.05, 4.69) is 103 Å². The molecule has 0 unspecified atom stereocenters. The summed E-state index contributed by atoms with van der Waals surface area (Å²) in [5, 5.41) is 0. The molecule has 0 aliphatic rings. The van der Waals surface area contributed by atoms with Gasteiger partial charge in [0.15, 0.2) is 0 Å².